The monoisotopic (exact) mass is 282 g/mol. The van der Waals surface area contributed by atoms with Crippen molar-refractivity contribution in [2.24, 2.45) is 0 Å². The van der Waals surface area contributed by atoms with E-state index in [0.29, 0.717) is 13.1 Å². The van der Waals surface area contributed by atoms with Gasteiger partial charge in [-0.3, -0.25) is 0 Å². The van der Waals surface area contributed by atoms with Crippen LogP contribution in [0.1, 0.15) is 23.6 Å². The molecule has 2 amide bonds. The van der Waals surface area contributed by atoms with Crippen LogP contribution >= 0.6 is 0 Å². The van der Waals surface area contributed by atoms with Gasteiger partial charge in [0.05, 0.1) is 0 Å². The molecule has 0 spiro atoms. The van der Waals surface area contributed by atoms with E-state index in [9.17, 15) is 4.79 Å². The van der Waals surface area contributed by atoms with Gasteiger partial charge in [0.2, 0.25) is 0 Å². The molecule has 0 unspecified atom stereocenters. The molecule has 0 fully saturated rings. The molecule has 0 atom stereocenters. The van der Waals surface area contributed by atoms with E-state index < -0.39 is 0 Å². The van der Waals surface area contributed by atoms with Crippen LogP contribution < -0.4 is 5.32 Å². The third-order valence-electron chi connectivity index (χ3n) is 3.48. The second-order valence-electron chi connectivity index (χ2n) is 5.17. The third kappa shape index (κ3) is 4.63. The van der Waals surface area contributed by atoms with Crippen molar-refractivity contribution in [3.05, 3.63) is 71.3 Å². The molecule has 0 aromatic heterocycles. The van der Waals surface area contributed by atoms with Gasteiger partial charge in [-0.2, -0.15) is 0 Å². The number of aryl methyl sites for hydroxylation is 1. The van der Waals surface area contributed by atoms with Crippen molar-refractivity contribution in [2.45, 2.75) is 26.4 Å². The smallest absolute Gasteiger partial charge is 0.317 e. The van der Waals surface area contributed by atoms with Gasteiger partial charge >= 0.3 is 6.03 Å². The number of carbonyl (C=O) groups is 1. The maximum atomic E-state index is 12.1. The predicted octanol–water partition coefficient (Wildman–Crippen LogP) is 3.59. The van der Waals surface area contributed by atoms with Crippen LogP contribution in [-0.4, -0.2) is 18.0 Å². The molecule has 2 aromatic carbocycles. The first kappa shape index (κ1) is 15.1. The summed E-state index contributed by atoms with van der Waals surface area (Å²) in [6.07, 6.45) is 1.04. The molecule has 0 heterocycles. The maximum absolute atomic E-state index is 12.1. The summed E-state index contributed by atoms with van der Waals surface area (Å²) < 4.78 is 0. The van der Waals surface area contributed by atoms with Crippen LogP contribution in [-0.2, 0) is 19.5 Å². The molecule has 0 saturated carbocycles. The second kappa shape index (κ2) is 7.48. The predicted molar refractivity (Wildman–Crippen MR) is 86.0 cm³/mol. The number of nitrogens with zero attached hydrogens (tertiary/aromatic N) is 1. The summed E-state index contributed by atoms with van der Waals surface area (Å²) in [4.78, 5) is 13.8. The number of benzene rings is 2. The highest BCUT2D eigenvalue weighted by atomic mass is 16.2. The van der Waals surface area contributed by atoms with Gasteiger partial charge in [-0.25, -0.2) is 4.79 Å². The Labute approximate surface area is 126 Å². The Morgan fingerprint density at radius 1 is 0.952 bits per heavy atom. The van der Waals surface area contributed by atoms with E-state index in [1.807, 2.05) is 37.4 Å². The SMILES string of the molecule is CCc1ccc(CN(C)C(=O)NCc2ccccc2)cc1. The van der Waals surface area contributed by atoms with Crippen LogP contribution in [0.25, 0.3) is 0 Å². The molecule has 0 bridgehead atoms. The van der Waals surface area contributed by atoms with Gasteiger partial charge in [0.15, 0.2) is 0 Å². The molecule has 0 saturated heterocycles. The summed E-state index contributed by atoms with van der Waals surface area (Å²) in [5, 5.41) is 2.93. The van der Waals surface area contributed by atoms with Gasteiger partial charge in [0.25, 0.3) is 0 Å². The van der Waals surface area contributed by atoms with Crippen LogP contribution in [0.4, 0.5) is 4.79 Å². The fourth-order valence-electron chi connectivity index (χ4n) is 2.13. The van der Waals surface area contributed by atoms with E-state index in [0.717, 1.165) is 17.5 Å². The zero-order valence-corrected chi connectivity index (χ0v) is 12.7. The fourth-order valence-corrected chi connectivity index (χ4v) is 2.13. The van der Waals surface area contributed by atoms with Crippen molar-refractivity contribution >= 4 is 6.03 Å². The highest BCUT2D eigenvalue weighted by Crippen LogP contribution is 2.07. The van der Waals surface area contributed by atoms with Gasteiger partial charge in [-0.05, 0) is 23.1 Å². The van der Waals surface area contributed by atoms with Gasteiger partial charge in [-0.15, -0.1) is 0 Å². The summed E-state index contributed by atoms with van der Waals surface area (Å²) in [7, 11) is 1.81. The van der Waals surface area contributed by atoms with Crippen molar-refractivity contribution in [3.63, 3.8) is 0 Å². The van der Waals surface area contributed by atoms with Gasteiger partial charge in [0, 0.05) is 20.1 Å². The largest absolute Gasteiger partial charge is 0.334 e. The molecule has 0 radical (unpaired) electrons. The van der Waals surface area contributed by atoms with Crippen LogP contribution in [0.2, 0.25) is 0 Å². The molecule has 2 aromatic rings. The Kier molecular flexibility index (Phi) is 5.38. The zero-order chi connectivity index (χ0) is 15.1. The third-order valence-corrected chi connectivity index (χ3v) is 3.48. The zero-order valence-electron chi connectivity index (χ0n) is 12.7. The number of hydrogen-bond donors (Lipinski definition) is 1. The fraction of sp³-hybridized carbons (Fsp3) is 0.278. The Hall–Kier alpha value is -2.29. The van der Waals surface area contributed by atoms with Crippen LogP contribution in [0, 0.1) is 0 Å². The van der Waals surface area contributed by atoms with E-state index in [1.54, 1.807) is 4.90 Å². The molecule has 110 valence electrons. The first-order valence-corrected chi connectivity index (χ1v) is 7.29. The molecule has 0 aliphatic heterocycles. The minimum atomic E-state index is -0.0570. The minimum Gasteiger partial charge on any atom is -0.334 e. The maximum Gasteiger partial charge on any atom is 0.317 e. The highest BCUT2D eigenvalue weighted by molar-refractivity contribution is 5.73. The van der Waals surface area contributed by atoms with Crippen molar-refractivity contribution in [1.82, 2.24) is 10.2 Å². The lowest BCUT2D eigenvalue weighted by Gasteiger charge is -2.18. The number of urea groups is 1. The van der Waals surface area contributed by atoms with Gasteiger partial charge in [0.1, 0.15) is 0 Å². The summed E-state index contributed by atoms with van der Waals surface area (Å²) in [6.45, 7) is 3.31. The second-order valence-corrected chi connectivity index (χ2v) is 5.17. The van der Waals surface area contributed by atoms with Crippen molar-refractivity contribution in [3.8, 4) is 0 Å². The molecule has 0 aliphatic rings. The number of nitrogens with one attached hydrogen (secondary N) is 1. The molecular weight excluding hydrogens is 260 g/mol. The lowest BCUT2D eigenvalue weighted by molar-refractivity contribution is 0.206. The lowest BCUT2D eigenvalue weighted by Crippen LogP contribution is -2.36. The summed E-state index contributed by atoms with van der Waals surface area (Å²) in [5.74, 6) is 0. The highest BCUT2D eigenvalue weighted by Gasteiger charge is 2.08. The Balaban J connectivity index is 1.84. The quantitative estimate of drug-likeness (QED) is 0.893. The number of amides is 2. The Morgan fingerprint density at radius 2 is 1.57 bits per heavy atom. The lowest BCUT2D eigenvalue weighted by atomic mass is 10.1. The molecule has 3 nitrogen and oxygen atoms in total. The van der Waals surface area contributed by atoms with Crippen LogP contribution in [0.5, 0.6) is 0 Å². The molecule has 21 heavy (non-hydrogen) atoms. The average Bonchev–Trinajstić information content (AvgIpc) is 2.54. The number of rotatable bonds is 5. The van der Waals surface area contributed by atoms with Crippen molar-refractivity contribution < 1.29 is 4.79 Å². The molecule has 0 aliphatic carbocycles. The normalized spacial score (nSPS) is 10.2. The van der Waals surface area contributed by atoms with Crippen molar-refractivity contribution in [2.75, 3.05) is 7.05 Å². The molecule has 2 rings (SSSR count). The van der Waals surface area contributed by atoms with E-state index in [4.69, 9.17) is 0 Å². The number of hydrogen-bond acceptors (Lipinski definition) is 1. The average molecular weight is 282 g/mol. The molecule has 3 heteroatoms. The van der Waals surface area contributed by atoms with E-state index in [-0.39, 0.29) is 6.03 Å². The van der Waals surface area contributed by atoms with Gasteiger partial charge in [-0.1, -0.05) is 61.5 Å². The van der Waals surface area contributed by atoms with Crippen LogP contribution in [0.15, 0.2) is 54.6 Å². The number of carbonyl (C=O) groups excluding carboxylic acids is 1. The standard InChI is InChI=1S/C18H22N2O/c1-3-15-9-11-17(12-10-15)14-20(2)18(21)19-13-16-7-5-4-6-8-16/h4-12H,3,13-14H2,1-2H3,(H,19,21). The van der Waals surface area contributed by atoms with E-state index in [1.165, 1.54) is 5.56 Å². The molecule has 1 N–H and O–H groups in total. The summed E-state index contributed by atoms with van der Waals surface area (Å²) in [5.41, 5.74) is 3.56. The summed E-state index contributed by atoms with van der Waals surface area (Å²) in [6, 6.07) is 18.3. The van der Waals surface area contributed by atoms with Crippen molar-refractivity contribution in [1.29, 1.82) is 0 Å². The first-order valence-electron chi connectivity index (χ1n) is 7.29. The topological polar surface area (TPSA) is 32.3 Å². The Bertz CT molecular complexity index is 564. The van der Waals surface area contributed by atoms with E-state index in [2.05, 4.69) is 36.5 Å². The van der Waals surface area contributed by atoms with Gasteiger partial charge < -0.3 is 10.2 Å². The summed E-state index contributed by atoms with van der Waals surface area (Å²) >= 11 is 0. The minimum absolute atomic E-state index is 0.0570. The molecular formula is C18H22N2O. The first-order chi connectivity index (χ1) is 10.2. The van der Waals surface area contributed by atoms with Crippen LogP contribution in [0.3, 0.4) is 0 Å². The Morgan fingerprint density at radius 3 is 2.19 bits per heavy atom. The van der Waals surface area contributed by atoms with E-state index >= 15 is 0 Å².